The fraction of sp³-hybridized carbons (Fsp3) is 0.262. The number of rotatable bonds is 10. The number of nitrogens with zero attached hydrogens (tertiary/aromatic N) is 3. The van der Waals surface area contributed by atoms with Gasteiger partial charge in [-0.2, -0.15) is 0 Å². The van der Waals surface area contributed by atoms with Gasteiger partial charge in [0.1, 0.15) is 11.6 Å². The molecule has 0 saturated carbocycles. The molecule has 0 spiro atoms. The van der Waals surface area contributed by atoms with Gasteiger partial charge in [-0.1, -0.05) is 209 Å². The number of fused-ring (bicyclic) bond motifs is 1. The van der Waals surface area contributed by atoms with Crippen molar-refractivity contribution in [2.24, 2.45) is 0 Å². The molecule has 9 aromatic rings. The Morgan fingerprint density at radius 1 is 0.586 bits per heavy atom. The van der Waals surface area contributed by atoms with E-state index in [0.717, 1.165) is 61.3 Å². The van der Waals surface area contributed by atoms with Gasteiger partial charge in [-0.15, -0.1) is 23.8 Å². The Kier molecular flexibility index (Phi) is 10.9. The number of phenols is 1. The van der Waals surface area contributed by atoms with Crippen LogP contribution in [0.25, 0.3) is 83.9 Å². The molecule has 0 aliphatic carbocycles. The number of aromatic hydroxyl groups is 1. The maximum absolute atomic E-state index is 12.4. The summed E-state index contributed by atoms with van der Waals surface area (Å²) in [4.78, 5) is 10.4. The van der Waals surface area contributed by atoms with Crippen LogP contribution in [0.5, 0.6) is 5.75 Å². The van der Waals surface area contributed by atoms with Gasteiger partial charge in [-0.05, 0) is 115 Å². The van der Waals surface area contributed by atoms with E-state index in [-0.39, 0.29) is 49.6 Å². The number of phenolic OH excluding ortho intramolecular Hbond substituents is 1. The molecule has 0 bridgehead atoms. The van der Waals surface area contributed by atoms with Gasteiger partial charge in [-0.25, -0.2) is 4.98 Å². The number of benzene rings is 7. The van der Waals surface area contributed by atoms with Crippen LogP contribution < -0.4 is 0 Å². The van der Waals surface area contributed by atoms with Gasteiger partial charge in [0.2, 0.25) is 0 Å². The molecule has 7 aromatic carbocycles. The predicted octanol–water partition coefficient (Wildman–Crippen LogP) is 17.9. The van der Waals surface area contributed by atoms with Crippen LogP contribution in [0.15, 0.2) is 158 Å². The molecule has 0 unspecified atom stereocenters. The smallest absolute Gasteiger partial charge is 0.148 e. The van der Waals surface area contributed by atoms with Crippen molar-refractivity contribution >= 4 is 11.0 Å². The average Bonchev–Trinajstić information content (AvgIpc) is 3.73. The van der Waals surface area contributed by atoms with Crippen LogP contribution in [-0.2, 0) is 31.9 Å². The van der Waals surface area contributed by atoms with Crippen molar-refractivity contribution in [1.29, 1.82) is 0 Å². The first-order valence-corrected chi connectivity index (χ1v) is 23.8. The van der Waals surface area contributed by atoms with Gasteiger partial charge in [0.05, 0.1) is 16.6 Å². The third kappa shape index (κ3) is 9.86. The third-order valence-electron chi connectivity index (χ3n) is 13.2. The first-order valence-electron chi connectivity index (χ1n) is 28.8. The number of para-hydroxylation sites is 1. The standard InChI is InChI=1S/C65H66N3O.Pt/c1-40(2)46-36-56(42(5)6)62(69)57(37-46)63-67-61-52(22-18-24-60(61)68(63)51-29-30-53(55(39-51)41(3)4)54-21-16-17-23-58(54)65(10,11)12)48-33-47(43-19-14-13-15-20-43)34-49(35-48)59-38-45(31-32-66-59)44-25-27-50(28-26-44)64(7,8)9;/h13-34,36-42,69H,1-12H3;/q-1;/i7D3,8D3,9D3,41D;. The van der Waals surface area contributed by atoms with Crippen molar-refractivity contribution in [3.8, 4) is 78.6 Å². The summed E-state index contributed by atoms with van der Waals surface area (Å²) in [6.07, 6.45) is 1.65. The number of aromatic nitrogens is 3. The van der Waals surface area contributed by atoms with Crippen LogP contribution in [0, 0.1) is 6.07 Å². The Morgan fingerprint density at radius 3 is 1.96 bits per heavy atom. The topological polar surface area (TPSA) is 50.9 Å². The van der Waals surface area contributed by atoms with Gasteiger partial charge in [0, 0.05) is 52.4 Å². The minimum Gasteiger partial charge on any atom is -0.507 e. The number of imidazole rings is 1. The van der Waals surface area contributed by atoms with Crippen molar-refractivity contribution in [2.75, 3.05) is 0 Å². The quantitative estimate of drug-likeness (QED) is 0.139. The predicted molar refractivity (Wildman–Crippen MR) is 292 cm³/mol. The maximum Gasteiger partial charge on any atom is 0.148 e. The van der Waals surface area contributed by atoms with Gasteiger partial charge in [-0.3, -0.25) is 9.55 Å². The fourth-order valence-corrected chi connectivity index (χ4v) is 9.39. The normalized spacial score (nSPS) is 14.8. The van der Waals surface area contributed by atoms with Gasteiger partial charge in [0.25, 0.3) is 0 Å². The SMILES string of the molecule is [2H]C(C)(C)c1cc(-n2c(-c3cc(C(C)C)cc(C(C)C)c3O)nc3c(-c4[c-]c(-c5cc(-c6ccc(C(C([2H])([2H])[2H])(C([2H])([2H])[2H])C([2H])([2H])[2H])cc6)ccn5)cc(-c5ccccc5)c4)cccc32)ccc1-c1ccccc1C(C)(C)C.[Pt]. The number of pyridine rings is 1. The second kappa shape index (κ2) is 19.8. The molecule has 0 aliphatic heterocycles. The Labute approximate surface area is 445 Å². The summed E-state index contributed by atoms with van der Waals surface area (Å²) in [6.45, 7) is 8.72. The summed E-state index contributed by atoms with van der Waals surface area (Å²) in [7, 11) is 0. The van der Waals surface area contributed by atoms with E-state index in [0.29, 0.717) is 39.3 Å². The summed E-state index contributed by atoms with van der Waals surface area (Å²) >= 11 is 0. The summed E-state index contributed by atoms with van der Waals surface area (Å²) < 4.78 is 85.9. The van der Waals surface area contributed by atoms with Crippen LogP contribution in [-0.4, -0.2) is 19.6 Å². The molecule has 358 valence electrons. The molecular formula is C65H66N3OPt-. The molecule has 1 N–H and O–H groups in total. The van der Waals surface area contributed by atoms with Gasteiger partial charge in [0.15, 0.2) is 0 Å². The molecule has 70 heavy (non-hydrogen) atoms. The van der Waals surface area contributed by atoms with Crippen molar-refractivity contribution < 1.29 is 39.9 Å². The minimum absolute atomic E-state index is 0. The molecule has 9 rings (SSSR count). The van der Waals surface area contributed by atoms with Crippen LogP contribution in [0.2, 0.25) is 0 Å². The molecule has 0 atom stereocenters. The van der Waals surface area contributed by atoms with Gasteiger partial charge < -0.3 is 5.11 Å². The largest absolute Gasteiger partial charge is 0.507 e. The average molecular weight is 1110 g/mol. The Morgan fingerprint density at radius 2 is 1.27 bits per heavy atom. The summed E-state index contributed by atoms with van der Waals surface area (Å²) in [5, 5.41) is 12.4. The van der Waals surface area contributed by atoms with Crippen LogP contribution in [0.4, 0.5) is 0 Å². The Hall–Kier alpha value is -6.35. The van der Waals surface area contributed by atoms with Crippen molar-refractivity contribution in [1.82, 2.24) is 14.5 Å². The molecular weight excluding hydrogens is 1030 g/mol. The van der Waals surface area contributed by atoms with E-state index < -0.39 is 31.9 Å². The zero-order chi connectivity index (χ0) is 57.4. The monoisotopic (exact) mass is 1110 g/mol. The molecule has 0 aliphatic rings. The Balaban J connectivity index is 0.00000841. The molecule has 5 heteroatoms. The van der Waals surface area contributed by atoms with Crippen LogP contribution in [0.1, 0.15) is 142 Å². The van der Waals surface area contributed by atoms with E-state index in [4.69, 9.17) is 22.3 Å². The summed E-state index contributed by atoms with van der Waals surface area (Å²) in [5.74, 6) is -0.179. The molecule has 0 amide bonds. The first-order chi connectivity index (χ1) is 36.9. The third-order valence-corrected chi connectivity index (χ3v) is 13.2. The molecule has 0 radical (unpaired) electrons. The zero-order valence-corrected chi connectivity index (χ0v) is 43.5. The van der Waals surface area contributed by atoms with Crippen molar-refractivity contribution in [3.05, 3.63) is 192 Å². The molecule has 2 aromatic heterocycles. The zero-order valence-electron chi connectivity index (χ0n) is 51.3. The minimum atomic E-state index is -3.39. The molecule has 2 heterocycles. The van der Waals surface area contributed by atoms with Gasteiger partial charge >= 0.3 is 0 Å². The summed E-state index contributed by atoms with van der Waals surface area (Å²) in [6, 6.07) is 52.0. The molecule has 0 saturated heterocycles. The number of hydrogen-bond donors (Lipinski definition) is 1. The van der Waals surface area contributed by atoms with Crippen LogP contribution >= 0.6 is 0 Å². The van der Waals surface area contributed by atoms with Crippen LogP contribution in [0.3, 0.4) is 0 Å². The summed E-state index contributed by atoms with van der Waals surface area (Å²) in [5.41, 5.74) is 10.9. The molecule has 4 nitrogen and oxygen atoms in total. The van der Waals surface area contributed by atoms with E-state index in [9.17, 15) is 6.48 Å². The first kappa shape index (κ1) is 38.4. The maximum atomic E-state index is 12.4. The van der Waals surface area contributed by atoms with Crippen molar-refractivity contribution in [3.63, 3.8) is 0 Å². The van der Waals surface area contributed by atoms with Crippen molar-refractivity contribution in [2.45, 2.75) is 111 Å². The Bertz CT molecular complexity index is 3700. The van der Waals surface area contributed by atoms with E-state index in [1.165, 1.54) is 17.7 Å². The van der Waals surface area contributed by atoms with E-state index in [2.05, 4.69) is 108 Å². The second-order valence-electron chi connectivity index (χ2n) is 20.1. The van der Waals surface area contributed by atoms with E-state index in [1.807, 2.05) is 86.6 Å². The molecule has 0 fully saturated rings. The van der Waals surface area contributed by atoms with E-state index >= 15 is 0 Å². The number of hydrogen-bond acceptors (Lipinski definition) is 3. The fourth-order valence-electron chi connectivity index (χ4n) is 9.39. The second-order valence-corrected chi connectivity index (χ2v) is 20.1. The van der Waals surface area contributed by atoms with E-state index in [1.54, 1.807) is 24.4 Å².